The molecule has 25 heavy (non-hydrogen) atoms. The van der Waals surface area contributed by atoms with E-state index in [0.717, 1.165) is 17.3 Å². The van der Waals surface area contributed by atoms with E-state index < -0.39 is 5.56 Å². The Bertz CT molecular complexity index is 924. The Balaban J connectivity index is 1.51. The van der Waals surface area contributed by atoms with E-state index in [-0.39, 0.29) is 23.4 Å². The van der Waals surface area contributed by atoms with Gasteiger partial charge in [0.05, 0.1) is 11.8 Å². The van der Waals surface area contributed by atoms with E-state index in [2.05, 4.69) is 20.3 Å². The average molecular weight is 374 g/mol. The number of anilines is 1. The van der Waals surface area contributed by atoms with Gasteiger partial charge in [0.1, 0.15) is 0 Å². The van der Waals surface area contributed by atoms with Crippen LogP contribution in [0.15, 0.2) is 51.7 Å². The second-order valence-corrected chi connectivity index (χ2v) is 6.90. The first-order chi connectivity index (χ1) is 12.1. The number of carbonyl (C=O) groups is 1. The van der Waals surface area contributed by atoms with E-state index in [1.165, 1.54) is 23.1 Å². The van der Waals surface area contributed by atoms with Gasteiger partial charge in [-0.1, -0.05) is 42.1 Å². The first-order valence-electron chi connectivity index (χ1n) is 7.34. The van der Waals surface area contributed by atoms with Crippen molar-refractivity contribution >= 4 is 34.1 Å². The molecule has 3 aromatic rings. The lowest BCUT2D eigenvalue weighted by Gasteiger charge is -2.02. The first-order valence-corrected chi connectivity index (χ1v) is 9.20. The molecule has 9 heteroatoms. The lowest BCUT2D eigenvalue weighted by Crippen LogP contribution is -2.12. The van der Waals surface area contributed by atoms with Crippen LogP contribution in [0.5, 0.6) is 5.88 Å². The van der Waals surface area contributed by atoms with E-state index in [1.54, 1.807) is 0 Å². The second kappa shape index (κ2) is 7.95. The van der Waals surface area contributed by atoms with E-state index in [9.17, 15) is 14.7 Å². The summed E-state index contributed by atoms with van der Waals surface area (Å²) in [5.74, 6) is -0.106. The number of aromatic nitrogens is 3. The van der Waals surface area contributed by atoms with Crippen molar-refractivity contribution in [2.75, 3.05) is 11.1 Å². The lowest BCUT2D eigenvalue weighted by atomic mass is 10.2. The maximum atomic E-state index is 12.0. The maximum absolute atomic E-state index is 12.0. The Kier molecular flexibility index (Phi) is 5.46. The molecular weight excluding hydrogens is 360 g/mol. The molecule has 0 unspecified atom stereocenters. The molecule has 0 fully saturated rings. The number of thioether (sulfide) groups is 1. The fourth-order valence-corrected chi connectivity index (χ4v) is 3.53. The Labute approximate surface area is 151 Å². The predicted molar refractivity (Wildman–Crippen MR) is 98.0 cm³/mol. The highest BCUT2D eigenvalue weighted by molar-refractivity contribution is 7.99. The van der Waals surface area contributed by atoms with Gasteiger partial charge in [0, 0.05) is 23.1 Å². The number of H-pyrrole nitrogens is 1. The Morgan fingerprint density at radius 2 is 2.08 bits per heavy atom. The van der Waals surface area contributed by atoms with Crippen LogP contribution in [0.4, 0.5) is 5.13 Å². The van der Waals surface area contributed by atoms with Crippen LogP contribution in [0.25, 0.3) is 11.3 Å². The number of aromatic amines is 1. The minimum absolute atomic E-state index is 0.177. The van der Waals surface area contributed by atoms with Crippen LogP contribution >= 0.6 is 23.1 Å². The van der Waals surface area contributed by atoms with Gasteiger partial charge < -0.3 is 15.4 Å². The third-order valence-electron chi connectivity index (χ3n) is 3.09. The first kappa shape index (κ1) is 17.2. The standard InChI is InChI=1S/C16H14N4O3S2/c21-12(6-7-24-16-19-13(22)8-14(23)20-16)18-15-17-11(9-25-15)10-4-2-1-3-5-10/h1-5,8-9H,6-7H2,(H,17,18,21)(H2,19,20,22,23). The molecule has 0 atom stereocenters. The van der Waals surface area contributed by atoms with Gasteiger partial charge in [-0.15, -0.1) is 11.3 Å². The molecule has 0 radical (unpaired) electrons. The number of nitrogens with one attached hydrogen (secondary N) is 2. The molecule has 0 saturated carbocycles. The molecule has 0 bridgehead atoms. The van der Waals surface area contributed by atoms with Gasteiger partial charge in [0.25, 0.3) is 5.56 Å². The van der Waals surface area contributed by atoms with Gasteiger partial charge >= 0.3 is 0 Å². The number of hydrogen-bond donors (Lipinski definition) is 3. The number of rotatable bonds is 6. The summed E-state index contributed by atoms with van der Waals surface area (Å²) in [6.45, 7) is 0. The fraction of sp³-hybridized carbons (Fsp3) is 0.125. The van der Waals surface area contributed by atoms with Crippen molar-refractivity contribution in [1.82, 2.24) is 15.0 Å². The molecule has 3 N–H and O–H groups in total. The summed E-state index contributed by atoms with van der Waals surface area (Å²) in [7, 11) is 0. The quantitative estimate of drug-likeness (QED) is 0.452. The molecule has 3 rings (SSSR count). The predicted octanol–water partition coefficient (Wildman–Crippen LogP) is 2.72. The average Bonchev–Trinajstić information content (AvgIpc) is 3.03. The van der Waals surface area contributed by atoms with E-state index >= 15 is 0 Å². The topological polar surface area (TPSA) is 108 Å². The van der Waals surface area contributed by atoms with Gasteiger partial charge in [-0.05, 0) is 0 Å². The zero-order chi connectivity index (χ0) is 17.6. The summed E-state index contributed by atoms with van der Waals surface area (Å²) >= 11 is 2.55. The highest BCUT2D eigenvalue weighted by Crippen LogP contribution is 2.24. The van der Waals surface area contributed by atoms with Crippen molar-refractivity contribution in [3.8, 4) is 17.1 Å². The van der Waals surface area contributed by atoms with E-state index in [0.29, 0.717) is 10.9 Å². The van der Waals surface area contributed by atoms with Gasteiger partial charge in [0.15, 0.2) is 10.3 Å². The zero-order valence-electron chi connectivity index (χ0n) is 12.9. The number of thiazole rings is 1. The van der Waals surface area contributed by atoms with Crippen molar-refractivity contribution in [3.63, 3.8) is 0 Å². The molecular formula is C16H14N4O3S2. The molecule has 1 amide bonds. The number of benzene rings is 1. The van der Waals surface area contributed by atoms with Gasteiger partial charge in [0.2, 0.25) is 11.8 Å². The molecule has 0 aliphatic rings. The number of hydrogen-bond acceptors (Lipinski definition) is 7. The fourth-order valence-electron chi connectivity index (χ4n) is 1.99. The van der Waals surface area contributed by atoms with Crippen LogP contribution in [0.2, 0.25) is 0 Å². The number of amides is 1. The minimum atomic E-state index is -0.435. The lowest BCUT2D eigenvalue weighted by molar-refractivity contribution is -0.115. The van der Waals surface area contributed by atoms with Crippen LogP contribution < -0.4 is 10.9 Å². The molecule has 2 heterocycles. The SMILES string of the molecule is O=C(CCSc1nc(O)cc(=O)[nH]1)Nc1nc(-c2ccccc2)cs1. The van der Waals surface area contributed by atoms with Crippen molar-refractivity contribution in [3.05, 3.63) is 52.1 Å². The second-order valence-electron chi connectivity index (χ2n) is 4.96. The van der Waals surface area contributed by atoms with Gasteiger partial charge in [-0.25, -0.2) is 4.98 Å². The van der Waals surface area contributed by atoms with Crippen LogP contribution in [0.1, 0.15) is 6.42 Å². The minimum Gasteiger partial charge on any atom is -0.493 e. The molecule has 7 nitrogen and oxygen atoms in total. The van der Waals surface area contributed by atoms with Gasteiger partial charge in [-0.3, -0.25) is 9.59 Å². The summed E-state index contributed by atoms with van der Waals surface area (Å²) in [6, 6.07) is 10.7. The van der Waals surface area contributed by atoms with Crippen molar-refractivity contribution < 1.29 is 9.90 Å². The summed E-state index contributed by atoms with van der Waals surface area (Å²) in [5, 5.41) is 14.7. The molecule has 0 saturated heterocycles. The van der Waals surface area contributed by atoms with Crippen LogP contribution in [0, 0.1) is 0 Å². The molecule has 0 aliphatic carbocycles. The number of aromatic hydroxyl groups is 1. The molecule has 1 aromatic carbocycles. The molecule has 128 valence electrons. The Morgan fingerprint density at radius 3 is 2.84 bits per heavy atom. The Morgan fingerprint density at radius 1 is 1.28 bits per heavy atom. The van der Waals surface area contributed by atoms with Crippen LogP contribution in [0.3, 0.4) is 0 Å². The largest absolute Gasteiger partial charge is 0.493 e. The summed E-state index contributed by atoms with van der Waals surface area (Å²) in [4.78, 5) is 33.9. The van der Waals surface area contributed by atoms with Crippen LogP contribution in [-0.2, 0) is 4.79 Å². The monoisotopic (exact) mass is 374 g/mol. The van der Waals surface area contributed by atoms with Crippen LogP contribution in [-0.4, -0.2) is 31.7 Å². The summed E-state index contributed by atoms with van der Waals surface area (Å²) < 4.78 is 0. The number of nitrogens with zero attached hydrogens (tertiary/aromatic N) is 2. The normalized spacial score (nSPS) is 10.6. The third kappa shape index (κ3) is 4.91. The Hall–Kier alpha value is -2.65. The highest BCUT2D eigenvalue weighted by Gasteiger charge is 2.09. The molecule has 0 spiro atoms. The highest BCUT2D eigenvalue weighted by atomic mass is 32.2. The number of carbonyl (C=O) groups excluding carboxylic acids is 1. The van der Waals surface area contributed by atoms with E-state index in [1.807, 2.05) is 35.7 Å². The van der Waals surface area contributed by atoms with E-state index in [4.69, 9.17) is 0 Å². The van der Waals surface area contributed by atoms with Gasteiger partial charge in [-0.2, -0.15) is 4.98 Å². The maximum Gasteiger partial charge on any atom is 0.255 e. The molecule has 0 aliphatic heterocycles. The summed E-state index contributed by atoms with van der Waals surface area (Å²) in [5.41, 5.74) is 1.38. The van der Waals surface area contributed by atoms with Crippen molar-refractivity contribution in [1.29, 1.82) is 0 Å². The van der Waals surface area contributed by atoms with Crippen molar-refractivity contribution in [2.45, 2.75) is 11.6 Å². The molecule has 2 aromatic heterocycles. The summed E-state index contributed by atoms with van der Waals surface area (Å²) in [6.07, 6.45) is 0.226. The zero-order valence-corrected chi connectivity index (χ0v) is 14.6. The smallest absolute Gasteiger partial charge is 0.255 e. The van der Waals surface area contributed by atoms with Crippen molar-refractivity contribution in [2.24, 2.45) is 0 Å². The third-order valence-corrected chi connectivity index (χ3v) is 4.73.